The summed E-state index contributed by atoms with van der Waals surface area (Å²) >= 11 is 0. The molecule has 0 heterocycles. The van der Waals surface area contributed by atoms with Crippen molar-refractivity contribution in [1.82, 2.24) is 0 Å². The van der Waals surface area contributed by atoms with Crippen molar-refractivity contribution in [2.75, 3.05) is 0 Å². The van der Waals surface area contributed by atoms with Crippen LogP contribution >= 0.6 is 0 Å². The van der Waals surface area contributed by atoms with Crippen molar-refractivity contribution >= 4 is 0 Å². The Morgan fingerprint density at radius 2 is 1.29 bits per heavy atom. The van der Waals surface area contributed by atoms with Crippen molar-refractivity contribution in [3.63, 3.8) is 0 Å². The molecule has 0 aromatic heterocycles. The number of ether oxygens (including phenoxy) is 2. The highest BCUT2D eigenvalue weighted by molar-refractivity contribution is 5.41. The lowest BCUT2D eigenvalue weighted by atomic mass is 10.3. The molecule has 0 aliphatic heterocycles. The standard InChI is InChI=1S/C12H10O2/c1-3-9-13-11-7-5-6-8-12(11)14-10-4-2/h5-8H,1-2H3. The first-order valence-electron chi connectivity index (χ1n) is 4.14. The Morgan fingerprint density at radius 3 is 1.64 bits per heavy atom. The summed E-state index contributed by atoms with van der Waals surface area (Å²) in [6.45, 7) is 3.41. The Labute approximate surface area is 83.8 Å². The van der Waals surface area contributed by atoms with Crippen molar-refractivity contribution in [3.8, 4) is 35.6 Å². The highest BCUT2D eigenvalue weighted by atomic mass is 16.5. The van der Waals surface area contributed by atoms with Crippen LogP contribution in [-0.2, 0) is 0 Å². The Bertz CT molecular complexity index is 372. The lowest BCUT2D eigenvalue weighted by Crippen LogP contribution is -1.88. The van der Waals surface area contributed by atoms with E-state index in [-0.39, 0.29) is 0 Å². The summed E-state index contributed by atoms with van der Waals surface area (Å²) < 4.78 is 10.3. The normalized spacial score (nSPS) is 7.57. The minimum atomic E-state index is 0.574. The Morgan fingerprint density at radius 1 is 0.857 bits per heavy atom. The molecule has 0 saturated heterocycles. The van der Waals surface area contributed by atoms with E-state index in [0.717, 1.165) is 0 Å². The van der Waals surface area contributed by atoms with Gasteiger partial charge in [-0.05, 0) is 12.1 Å². The van der Waals surface area contributed by atoms with Crippen molar-refractivity contribution in [1.29, 1.82) is 0 Å². The summed E-state index contributed by atoms with van der Waals surface area (Å²) in [5, 5.41) is 0. The molecule has 0 unspecified atom stereocenters. The number of hydrogen-bond donors (Lipinski definition) is 0. The third kappa shape index (κ3) is 2.77. The average Bonchev–Trinajstić information content (AvgIpc) is 2.24. The van der Waals surface area contributed by atoms with E-state index >= 15 is 0 Å². The molecular weight excluding hydrogens is 176 g/mol. The van der Waals surface area contributed by atoms with Crippen LogP contribution in [0.15, 0.2) is 24.3 Å². The summed E-state index contributed by atoms with van der Waals surface area (Å²) in [5.41, 5.74) is 0. The molecular formula is C12H10O2. The van der Waals surface area contributed by atoms with Gasteiger partial charge in [0.15, 0.2) is 11.5 Å². The molecule has 0 spiro atoms. The smallest absolute Gasteiger partial charge is 0.183 e. The molecule has 0 saturated carbocycles. The van der Waals surface area contributed by atoms with Gasteiger partial charge in [-0.2, -0.15) is 0 Å². The fourth-order valence-corrected chi connectivity index (χ4v) is 0.831. The quantitative estimate of drug-likeness (QED) is 0.660. The topological polar surface area (TPSA) is 18.5 Å². The molecule has 0 amide bonds. The molecule has 0 bridgehead atoms. The van der Waals surface area contributed by atoms with E-state index in [1.807, 2.05) is 12.1 Å². The summed E-state index contributed by atoms with van der Waals surface area (Å²) in [6, 6.07) is 7.24. The Kier molecular flexibility index (Phi) is 3.98. The van der Waals surface area contributed by atoms with Gasteiger partial charge in [-0.25, -0.2) is 0 Å². The van der Waals surface area contributed by atoms with Gasteiger partial charge in [0.1, 0.15) is 12.2 Å². The second-order valence-electron chi connectivity index (χ2n) is 2.35. The van der Waals surface area contributed by atoms with Crippen LogP contribution < -0.4 is 9.47 Å². The molecule has 0 aliphatic rings. The van der Waals surface area contributed by atoms with Crippen molar-refractivity contribution in [2.45, 2.75) is 13.8 Å². The number of rotatable bonds is 2. The number of hydrogen-bond acceptors (Lipinski definition) is 2. The van der Waals surface area contributed by atoms with E-state index in [0.29, 0.717) is 11.5 Å². The van der Waals surface area contributed by atoms with Gasteiger partial charge in [-0.15, -0.1) is 0 Å². The molecule has 2 heteroatoms. The number of benzene rings is 1. The lowest BCUT2D eigenvalue weighted by Gasteiger charge is -2.02. The SMILES string of the molecule is CC#COc1ccccc1OC#CC. The van der Waals surface area contributed by atoms with E-state index in [9.17, 15) is 0 Å². The van der Waals surface area contributed by atoms with Crippen LogP contribution in [-0.4, -0.2) is 0 Å². The zero-order valence-electron chi connectivity index (χ0n) is 8.13. The summed E-state index contributed by atoms with van der Waals surface area (Å²) in [5.74, 6) is 6.42. The highest BCUT2D eigenvalue weighted by Gasteiger charge is 2.01. The largest absolute Gasteiger partial charge is 0.404 e. The van der Waals surface area contributed by atoms with Crippen LogP contribution in [0.3, 0.4) is 0 Å². The van der Waals surface area contributed by atoms with Crippen LogP contribution in [0.25, 0.3) is 0 Å². The minimum absolute atomic E-state index is 0.574. The van der Waals surface area contributed by atoms with Crippen LogP contribution in [0.4, 0.5) is 0 Å². The fraction of sp³-hybridized carbons (Fsp3) is 0.167. The van der Waals surface area contributed by atoms with Crippen molar-refractivity contribution in [3.05, 3.63) is 24.3 Å². The van der Waals surface area contributed by atoms with Gasteiger partial charge in [-0.3, -0.25) is 0 Å². The Hall–Kier alpha value is -2.06. The van der Waals surface area contributed by atoms with E-state index in [2.05, 4.69) is 24.1 Å². The Balaban J connectivity index is 2.86. The maximum absolute atomic E-state index is 5.13. The maximum atomic E-state index is 5.13. The third-order valence-electron chi connectivity index (χ3n) is 1.38. The third-order valence-corrected chi connectivity index (χ3v) is 1.38. The molecule has 2 nitrogen and oxygen atoms in total. The molecule has 0 aliphatic carbocycles. The molecule has 1 rings (SSSR count). The first kappa shape index (κ1) is 10.0. The van der Waals surface area contributed by atoms with E-state index in [1.165, 1.54) is 0 Å². The molecule has 70 valence electrons. The van der Waals surface area contributed by atoms with Crippen molar-refractivity contribution < 1.29 is 9.47 Å². The molecule has 1 aromatic carbocycles. The lowest BCUT2D eigenvalue weighted by molar-refractivity contribution is 0.452. The molecule has 0 radical (unpaired) electrons. The average molecular weight is 186 g/mol. The molecule has 0 N–H and O–H groups in total. The fourth-order valence-electron chi connectivity index (χ4n) is 0.831. The minimum Gasteiger partial charge on any atom is -0.404 e. The predicted molar refractivity (Wildman–Crippen MR) is 54.6 cm³/mol. The first-order valence-corrected chi connectivity index (χ1v) is 4.14. The summed E-state index contributed by atoms with van der Waals surface area (Å²) in [7, 11) is 0. The van der Waals surface area contributed by atoms with Gasteiger partial charge in [0.25, 0.3) is 0 Å². The summed E-state index contributed by atoms with van der Waals surface area (Å²) in [6.07, 6.45) is 5.01. The second kappa shape index (κ2) is 5.56. The molecule has 1 aromatic rings. The van der Waals surface area contributed by atoms with Gasteiger partial charge in [0, 0.05) is 13.8 Å². The van der Waals surface area contributed by atoms with Gasteiger partial charge < -0.3 is 9.47 Å². The van der Waals surface area contributed by atoms with Gasteiger partial charge in [0.2, 0.25) is 0 Å². The molecule has 0 atom stereocenters. The van der Waals surface area contributed by atoms with Crippen LogP contribution in [0, 0.1) is 24.1 Å². The predicted octanol–water partition coefficient (Wildman–Crippen LogP) is 2.41. The van der Waals surface area contributed by atoms with Crippen molar-refractivity contribution in [2.24, 2.45) is 0 Å². The molecule has 0 fully saturated rings. The monoisotopic (exact) mass is 186 g/mol. The van der Waals surface area contributed by atoms with Gasteiger partial charge in [-0.1, -0.05) is 24.0 Å². The second-order valence-corrected chi connectivity index (χ2v) is 2.35. The van der Waals surface area contributed by atoms with Gasteiger partial charge in [0.05, 0.1) is 0 Å². The first-order chi connectivity index (χ1) is 6.88. The summed E-state index contributed by atoms with van der Waals surface area (Å²) in [4.78, 5) is 0. The van der Waals surface area contributed by atoms with Crippen LogP contribution in [0.5, 0.6) is 11.5 Å². The molecule has 14 heavy (non-hydrogen) atoms. The maximum Gasteiger partial charge on any atom is 0.183 e. The highest BCUT2D eigenvalue weighted by Crippen LogP contribution is 2.25. The van der Waals surface area contributed by atoms with Gasteiger partial charge >= 0.3 is 0 Å². The van der Waals surface area contributed by atoms with E-state index in [1.54, 1.807) is 26.0 Å². The van der Waals surface area contributed by atoms with E-state index in [4.69, 9.17) is 9.47 Å². The number of para-hydroxylation sites is 2. The van der Waals surface area contributed by atoms with Crippen LogP contribution in [0.1, 0.15) is 13.8 Å². The van der Waals surface area contributed by atoms with Crippen LogP contribution in [0.2, 0.25) is 0 Å². The zero-order valence-corrected chi connectivity index (χ0v) is 8.13. The zero-order chi connectivity index (χ0) is 10.2. The van der Waals surface area contributed by atoms with E-state index < -0.39 is 0 Å².